The second-order valence-electron chi connectivity index (χ2n) is 3.52. The van der Waals surface area contributed by atoms with Gasteiger partial charge in [-0.15, -0.1) is 11.8 Å². The van der Waals surface area contributed by atoms with Crippen molar-refractivity contribution in [2.75, 3.05) is 11.6 Å². The molecule has 0 radical (unpaired) electrons. The quantitative estimate of drug-likeness (QED) is 0.687. The van der Waals surface area contributed by atoms with Gasteiger partial charge in [-0.2, -0.15) is 0 Å². The summed E-state index contributed by atoms with van der Waals surface area (Å²) < 4.78 is 0. The topological polar surface area (TPSA) is 42.0 Å². The largest absolute Gasteiger partial charge is 0.321 e. The van der Waals surface area contributed by atoms with Gasteiger partial charge in [-0.1, -0.05) is 23.7 Å². The summed E-state index contributed by atoms with van der Waals surface area (Å²) in [5.41, 5.74) is 1.28. The fourth-order valence-corrected chi connectivity index (χ4v) is 2.12. The molecule has 0 bridgehead atoms. The Labute approximate surface area is 115 Å². The highest BCUT2D eigenvalue weighted by Crippen LogP contribution is 2.25. The molecule has 0 atom stereocenters. The van der Waals surface area contributed by atoms with Crippen molar-refractivity contribution in [3.8, 4) is 0 Å². The number of hydrogen-bond donors (Lipinski definition) is 1. The van der Waals surface area contributed by atoms with Gasteiger partial charge >= 0.3 is 0 Å². The van der Waals surface area contributed by atoms with Gasteiger partial charge in [-0.25, -0.2) is 4.98 Å². The van der Waals surface area contributed by atoms with Crippen molar-refractivity contribution in [1.29, 1.82) is 0 Å². The summed E-state index contributed by atoms with van der Waals surface area (Å²) in [6.07, 6.45) is 3.42. The molecule has 1 aromatic heterocycles. The van der Waals surface area contributed by atoms with Crippen LogP contribution >= 0.6 is 23.4 Å². The van der Waals surface area contributed by atoms with Crippen molar-refractivity contribution in [2.45, 2.75) is 4.90 Å². The van der Waals surface area contributed by atoms with Crippen LogP contribution in [0, 0.1) is 0 Å². The highest BCUT2D eigenvalue weighted by Gasteiger charge is 2.08. The smallest absolute Gasteiger partial charge is 0.257 e. The fourth-order valence-electron chi connectivity index (χ4n) is 1.45. The molecule has 0 unspecified atom stereocenters. The van der Waals surface area contributed by atoms with Gasteiger partial charge in [-0.05, 0) is 30.5 Å². The Hall–Kier alpha value is -1.52. The number of amides is 1. The minimum Gasteiger partial charge on any atom is -0.321 e. The SMILES string of the molecule is CSc1ccccc1NC(=O)c1ccc(Cl)nc1. The van der Waals surface area contributed by atoms with Gasteiger partial charge in [0, 0.05) is 11.1 Å². The lowest BCUT2D eigenvalue weighted by molar-refractivity contribution is 0.102. The molecule has 18 heavy (non-hydrogen) atoms. The number of carbonyl (C=O) groups excluding carboxylic acids is 1. The van der Waals surface area contributed by atoms with Crippen molar-refractivity contribution < 1.29 is 4.79 Å². The average molecular weight is 279 g/mol. The summed E-state index contributed by atoms with van der Waals surface area (Å²) in [4.78, 5) is 16.9. The van der Waals surface area contributed by atoms with E-state index in [1.807, 2.05) is 30.5 Å². The summed E-state index contributed by atoms with van der Waals surface area (Å²) in [7, 11) is 0. The maximum Gasteiger partial charge on any atom is 0.257 e. The van der Waals surface area contributed by atoms with Gasteiger partial charge in [0.25, 0.3) is 5.91 Å². The Bertz CT molecular complexity index is 557. The molecule has 0 saturated heterocycles. The van der Waals surface area contributed by atoms with Gasteiger partial charge in [0.15, 0.2) is 0 Å². The molecule has 5 heteroatoms. The monoisotopic (exact) mass is 278 g/mol. The number of thioether (sulfide) groups is 1. The molecular formula is C13H11ClN2OS. The average Bonchev–Trinajstić information content (AvgIpc) is 2.40. The predicted octanol–water partition coefficient (Wildman–Crippen LogP) is 3.71. The third-order valence-electron chi connectivity index (χ3n) is 2.34. The molecule has 0 spiro atoms. The number of para-hydroxylation sites is 1. The Balaban J connectivity index is 2.18. The standard InChI is InChI=1S/C13H11ClN2OS/c1-18-11-5-3-2-4-10(11)16-13(17)9-6-7-12(14)15-8-9/h2-8H,1H3,(H,16,17). The predicted molar refractivity (Wildman–Crippen MR) is 75.4 cm³/mol. The Kier molecular flexibility index (Phi) is 4.23. The number of benzene rings is 1. The fraction of sp³-hybridized carbons (Fsp3) is 0.0769. The molecule has 0 aliphatic carbocycles. The molecule has 92 valence electrons. The lowest BCUT2D eigenvalue weighted by atomic mass is 10.2. The van der Waals surface area contributed by atoms with Crippen LogP contribution in [0.2, 0.25) is 5.15 Å². The van der Waals surface area contributed by atoms with Gasteiger partial charge in [0.1, 0.15) is 5.15 Å². The van der Waals surface area contributed by atoms with Crippen LogP contribution in [0.5, 0.6) is 0 Å². The van der Waals surface area contributed by atoms with Crippen LogP contribution < -0.4 is 5.32 Å². The minimum atomic E-state index is -0.194. The van der Waals surface area contributed by atoms with E-state index in [1.165, 1.54) is 6.20 Å². The van der Waals surface area contributed by atoms with Gasteiger partial charge in [0.2, 0.25) is 0 Å². The molecule has 1 N–H and O–H groups in total. The second-order valence-corrected chi connectivity index (χ2v) is 4.76. The first-order chi connectivity index (χ1) is 8.70. The van der Waals surface area contributed by atoms with Gasteiger partial charge < -0.3 is 5.32 Å². The van der Waals surface area contributed by atoms with E-state index in [9.17, 15) is 4.79 Å². The molecule has 0 aliphatic heterocycles. The maximum atomic E-state index is 12.0. The van der Waals surface area contributed by atoms with E-state index in [2.05, 4.69) is 10.3 Å². The first kappa shape index (κ1) is 12.9. The number of aromatic nitrogens is 1. The molecule has 2 rings (SSSR count). The zero-order chi connectivity index (χ0) is 13.0. The van der Waals surface area contributed by atoms with Crippen LogP contribution in [-0.2, 0) is 0 Å². The zero-order valence-electron chi connectivity index (χ0n) is 9.68. The van der Waals surface area contributed by atoms with Crippen LogP contribution in [0.1, 0.15) is 10.4 Å². The number of hydrogen-bond acceptors (Lipinski definition) is 3. The Morgan fingerprint density at radius 3 is 2.72 bits per heavy atom. The van der Waals surface area contributed by atoms with E-state index >= 15 is 0 Å². The molecule has 0 saturated carbocycles. The molecule has 1 amide bonds. The van der Waals surface area contributed by atoms with Crippen LogP contribution in [0.25, 0.3) is 0 Å². The summed E-state index contributed by atoms with van der Waals surface area (Å²) in [5, 5.41) is 3.23. The number of halogens is 1. The van der Waals surface area contributed by atoms with Crippen LogP contribution in [0.3, 0.4) is 0 Å². The van der Waals surface area contributed by atoms with E-state index in [1.54, 1.807) is 23.9 Å². The van der Waals surface area contributed by atoms with Crippen molar-refractivity contribution in [1.82, 2.24) is 4.98 Å². The van der Waals surface area contributed by atoms with E-state index in [-0.39, 0.29) is 5.91 Å². The summed E-state index contributed by atoms with van der Waals surface area (Å²) >= 11 is 7.26. The van der Waals surface area contributed by atoms with E-state index in [0.29, 0.717) is 10.7 Å². The van der Waals surface area contributed by atoms with Crippen molar-refractivity contribution in [3.63, 3.8) is 0 Å². The normalized spacial score (nSPS) is 10.1. The van der Waals surface area contributed by atoms with E-state index in [0.717, 1.165) is 10.6 Å². The van der Waals surface area contributed by atoms with Gasteiger partial charge in [0.05, 0.1) is 11.3 Å². The number of rotatable bonds is 3. The number of pyridine rings is 1. The summed E-state index contributed by atoms with van der Waals surface area (Å²) in [5.74, 6) is -0.194. The highest BCUT2D eigenvalue weighted by atomic mass is 35.5. The lowest BCUT2D eigenvalue weighted by Gasteiger charge is -2.08. The van der Waals surface area contributed by atoms with Crippen molar-refractivity contribution in [3.05, 3.63) is 53.3 Å². The molecule has 3 nitrogen and oxygen atoms in total. The number of nitrogens with zero attached hydrogens (tertiary/aromatic N) is 1. The highest BCUT2D eigenvalue weighted by molar-refractivity contribution is 7.98. The number of carbonyl (C=O) groups is 1. The van der Waals surface area contributed by atoms with Crippen LogP contribution in [0.15, 0.2) is 47.5 Å². The molecule has 0 aliphatic rings. The van der Waals surface area contributed by atoms with Crippen LogP contribution in [-0.4, -0.2) is 17.1 Å². The molecular weight excluding hydrogens is 268 g/mol. The summed E-state index contributed by atoms with van der Waals surface area (Å²) in [6.45, 7) is 0. The molecule has 1 aromatic carbocycles. The van der Waals surface area contributed by atoms with Crippen LogP contribution in [0.4, 0.5) is 5.69 Å². The molecule has 0 fully saturated rings. The minimum absolute atomic E-state index is 0.194. The Morgan fingerprint density at radius 1 is 1.28 bits per heavy atom. The number of anilines is 1. The molecule has 2 aromatic rings. The Morgan fingerprint density at radius 2 is 2.06 bits per heavy atom. The maximum absolute atomic E-state index is 12.0. The summed E-state index contributed by atoms with van der Waals surface area (Å²) in [6, 6.07) is 10.9. The number of nitrogens with one attached hydrogen (secondary N) is 1. The first-order valence-electron chi connectivity index (χ1n) is 5.26. The van der Waals surface area contributed by atoms with Crippen molar-refractivity contribution in [2.24, 2.45) is 0 Å². The molecule has 1 heterocycles. The van der Waals surface area contributed by atoms with Crippen molar-refractivity contribution >= 4 is 35.0 Å². The van der Waals surface area contributed by atoms with Gasteiger partial charge in [-0.3, -0.25) is 4.79 Å². The van der Waals surface area contributed by atoms with E-state index in [4.69, 9.17) is 11.6 Å². The lowest BCUT2D eigenvalue weighted by Crippen LogP contribution is -2.12. The van der Waals surface area contributed by atoms with E-state index < -0.39 is 0 Å². The third-order valence-corrected chi connectivity index (χ3v) is 3.36. The third kappa shape index (κ3) is 3.03. The first-order valence-corrected chi connectivity index (χ1v) is 6.87. The zero-order valence-corrected chi connectivity index (χ0v) is 11.3. The second kappa shape index (κ2) is 5.89.